The lowest BCUT2D eigenvalue weighted by molar-refractivity contribution is 0.316. The molecular weight excluding hydrogens is 640 g/mol. The van der Waals surface area contributed by atoms with Gasteiger partial charge in [-0.25, -0.2) is 48.3 Å². The van der Waals surface area contributed by atoms with Crippen molar-refractivity contribution in [3.63, 3.8) is 0 Å². The molecule has 44 heavy (non-hydrogen) atoms. The Morgan fingerprint density at radius 2 is 0.818 bits per heavy atom. The SMILES string of the molecule is Fc1c(F)c(F)c(OB(Oc2c(F)c(F)c(F)c(F)c2F)c2c(F)c(F)c(F)c3c(F)c4c(F)cccc4cc23)c(F)c1F. The quantitative estimate of drug-likeness (QED) is 0.0637. The molecule has 0 amide bonds. The van der Waals surface area contributed by atoms with Crippen molar-refractivity contribution in [3.8, 4) is 11.5 Å². The maximum absolute atomic E-state index is 15.4. The average Bonchev–Trinajstić information content (AvgIpc) is 2.99. The Hall–Kier alpha value is -4.77. The molecule has 0 radical (unpaired) electrons. The highest BCUT2D eigenvalue weighted by molar-refractivity contribution is 6.66. The van der Waals surface area contributed by atoms with Crippen LogP contribution in [0.1, 0.15) is 0 Å². The van der Waals surface area contributed by atoms with Crippen LogP contribution >= 0.6 is 0 Å². The maximum Gasteiger partial charge on any atom is 0.636 e. The van der Waals surface area contributed by atoms with Gasteiger partial charge in [-0.15, -0.1) is 0 Å². The molecule has 0 aromatic heterocycles. The van der Waals surface area contributed by atoms with E-state index in [0.717, 1.165) is 12.1 Å². The number of hydrogen-bond donors (Lipinski definition) is 0. The molecule has 0 bridgehead atoms. The van der Waals surface area contributed by atoms with Crippen LogP contribution in [0.5, 0.6) is 11.5 Å². The van der Waals surface area contributed by atoms with Crippen LogP contribution < -0.4 is 14.8 Å². The van der Waals surface area contributed by atoms with E-state index in [0.29, 0.717) is 12.1 Å². The number of benzene rings is 5. The Morgan fingerprint density at radius 3 is 1.27 bits per heavy atom. The molecule has 0 heterocycles. The second kappa shape index (κ2) is 10.7. The molecule has 5 rings (SSSR count). The summed E-state index contributed by atoms with van der Waals surface area (Å²) in [6.45, 7) is 0. The maximum atomic E-state index is 15.4. The van der Waals surface area contributed by atoms with Gasteiger partial charge in [-0.1, -0.05) is 12.1 Å². The Bertz CT molecular complexity index is 1920. The molecule has 0 fully saturated rings. The Labute approximate surface area is 233 Å². The highest BCUT2D eigenvalue weighted by atomic mass is 19.2. The van der Waals surface area contributed by atoms with Gasteiger partial charge >= 0.3 is 7.12 Å². The lowest BCUT2D eigenvalue weighted by Gasteiger charge is -2.21. The van der Waals surface area contributed by atoms with Crippen molar-refractivity contribution in [3.05, 3.63) is 112 Å². The average molecular weight is 644 g/mol. The Kier molecular flexibility index (Phi) is 7.49. The van der Waals surface area contributed by atoms with E-state index in [2.05, 4.69) is 9.31 Å². The van der Waals surface area contributed by atoms with E-state index in [1.165, 1.54) is 0 Å². The molecule has 0 saturated carbocycles. The third-order valence-corrected chi connectivity index (χ3v) is 6.21. The van der Waals surface area contributed by atoms with E-state index < -0.39 is 133 Å². The van der Waals surface area contributed by atoms with Crippen LogP contribution in [0.15, 0.2) is 24.3 Å². The van der Waals surface area contributed by atoms with Crippen LogP contribution in [0.25, 0.3) is 21.5 Å². The van der Waals surface area contributed by atoms with Gasteiger partial charge in [0.05, 0.1) is 16.2 Å². The van der Waals surface area contributed by atoms with Crippen molar-refractivity contribution >= 4 is 34.1 Å². The fraction of sp³-hybridized carbons (Fsp3) is 0. The summed E-state index contributed by atoms with van der Waals surface area (Å²) in [4.78, 5) is 0. The molecule has 0 unspecified atom stereocenters. The van der Waals surface area contributed by atoms with E-state index in [-0.39, 0.29) is 0 Å². The zero-order valence-corrected chi connectivity index (χ0v) is 20.4. The summed E-state index contributed by atoms with van der Waals surface area (Å²) in [6.07, 6.45) is 0. The van der Waals surface area contributed by atoms with Crippen LogP contribution in [-0.2, 0) is 0 Å². The van der Waals surface area contributed by atoms with Crippen molar-refractivity contribution in [1.29, 1.82) is 0 Å². The zero-order chi connectivity index (χ0) is 32.5. The second-order valence-electron chi connectivity index (χ2n) is 8.67. The van der Waals surface area contributed by atoms with Gasteiger partial charge in [-0.3, -0.25) is 0 Å². The largest absolute Gasteiger partial charge is 0.636 e. The molecule has 228 valence electrons. The first-order valence-electron chi connectivity index (χ1n) is 11.3. The summed E-state index contributed by atoms with van der Waals surface area (Å²) in [6, 6.07) is 2.92. The molecule has 18 heteroatoms. The van der Waals surface area contributed by atoms with Crippen molar-refractivity contribution in [2.45, 2.75) is 0 Å². The molecule has 0 aliphatic carbocycles. The van der Waals surface area contributed by atoms with Crippen LogP contribution in [-0.4, -0.2) is 7.12 Å². The number of rotatable bonds is 5. The molecular formula is C26H4BF15O2. The molecule has 0 N–H and O–H groups in total. The topological polar surface area (TPSA) is 18.5 Å². The molecule has 0 saturated heterocycles. The first-order valence-corrected chi connectivity index (χ1v) is 11.3. The highest BCUT2D eigenvalue weighted by Gasteiger charge is 2.42. The van der Waals surface area contributed by atoms with Gasteiger partial charge in [0.1, 0.15) is 11.6 Å². The molecule has 0 aliphatic rings. The summed E-state index contributed by atoms with van der Waals surface area (Å²) < 4.78 is 224. The van der Waals surface area contributed by atoms with E-state index >= 15 is 8.78 Å². The van der Waals surface area contributed by atoms with E-state index in [1.54, 1.807) is 0 Å². The summed E-state index contributed by atoms with van der Waals surface area (Å²) >= 11 is 0. The van der Waals surface area contributed by atoms with Crippen molar-refractivity contribution < 1.29 is 75.2 Å². The normalized spacial score (nSPS) is 11.5. The zero-order valence-electron chi connectivity index (χ0n) is 20.4. The highest BCUT2D eigenvalue weighted by Crippen LogP contribution is 2.36. The lowest BCUT2D eigenvalue weighted by Crippen LogP contribution is -2.46. The van der Waals surface area contributed by atoms with Crippen LogP contribution in [0.4, 0.5) is 65.9 Å². The van der Waals surface area contributed by atoms with E-state index in [9.17, 15) is 57.1 Å². The van der Waals surface area contributed by atoms with Crippen molar-refractivity contribution in [1.82, 2.24) is 0 Å². The fourth-order valence-corrected chi connectivity index (χ4v) is 4.20. The van der Waals surface area contributed by atoms with Crippen molar-refractivity contribution in [2.24, 2.45) is 0 Å². The molecule has 0 atom stereocenters. The van der Waals surface area contributed by atoms with Crippen LogP contribution in [0, 0.1) is 87.3 Å². The molecule has 2 nitrogen and oxygen atoms in total. The standard InChI is InChI=1S/C26H4BF15O2/c28-7-3-1-2-5-4-6-9(11(29)8(5)7)12(30)14(32)13(31)10(6)27(43-25-21(39)17(35)15(33)18(36)22(25)40)44-26-23(41)19(37)16(34)20(38)24(26)42/h1-4H. The van der Waals surface area contributed by atoms with Crippen LogP contribution in [0.3, 0.4) is 0 Å². The second-order valence-corrected chi connectivity index (χ2v) is 8.67. The first-order chi connectivity index (χ1) is 20.6. The Morgan fingerprint density at radius 1 is 0.409 bits per heavy atom. The third kappa shape index (κ3) is 4.41. The summed E-state index contributed by atoms with van der Waals surface area (Å²) in [5, 5.41) is -4.65. The molecule has 0 spiro atoms. The minimum absolute atomic E-state index is 0.453. The van der Waals surface area contributed by atoms with Gasteiger partial charge in [-0.05, 0) is 22.9 Å². The van der Waals surface area contributed by atoms with Gasteiger partial charge in [0.25, 0.3) is 0 Å². The summed E-state index contributed by atoms with van der Waals surface area (Å²) in [5.41, 5.74) is -1.88. The smallest absolute Gasteiger partial charge is 0.517 e. The van der Waals surface area contributed by atoms with Gasteiger partial charge in [0.15, 0.2) is 29.0 Å². The third-order valence-electron chi connectivity index (χ3n) is 6.21. The van der Waals surface area contributed by atoms with E-state index in [4.69, 9.17) is 0 Å². The van der Waals surface area contributed by atoms with Gasteiger partial charge < -0.3 is 9.31 Å². The van der Waals surface area contributed by atoms with E-state index in [1.807, 2.05) is 0 Å². The van der Waals surface area contributed by atoms with Crippen LogP contribution in [0.2, 0.25) is 0 Å². The van der Waals surface area contributed by atoms with Gasteiger partial charge in [-0.2, -0.15) is 17.6 Å². The summed E-state index contributed by atoms with van der Waals surface area (Å²) in [5.74, 6) is -44.0. The predicted octanol–water partition coefficient (Wildman–Crippen LogP) is 7.93. The first kappa shape index (κ1) is 30.7. The summed E-state index contributed by atoms with van der Waals surface area (Å²) in [7, 11) is -3.56. The number of halogens is 15. The predicted molar refractivity (Wildman–Crippen MR) is 120 cm³/mol. The fourth-order valence-electron chi connectivity index (χ4n) is 4.20. The van der Waals surface area contributed by atoms with Gasteiger partial charge in [0, 0.05) is 0 Å². The Balaban J connectivity index is 1.90. The lowest BCUT2D eigenvalue weighted by atomic mass is 9.74. The number of hydrogen-bond acceptors (Lipinski definition) is 2. The number of fused-ring (bicyclic) bond motifs is 2. The minimum atomic E-state index is -3.56. The molecule has 5 aromatic rings. The minimum Gasteiger partial charge on any atom is -0.517 e. The van der Waals surface area contributed by atoms with Crippen molar-refractivity contribution in [2.75, 3.05) is 0 Å². The monoisotopic (exact) mass is 644 g/mol. The molecule has 5 aromatic carbocycles. The van der Waals surface area contributed by atoms with Gasteiger partial charge in [0.2, 0.25) is 58.2 Å². The molecule has 0 aliphatic heterocycles.